The van der Waals surface area contributed by atoms with Gasteiger partial charge in [-0.1, -0.05) is 84.0 Å². The molecule has 0 saturated heterocycles. The third-order valence-corrected chi connectivity index (χ3v) is 5.75. The Balaban J connectivity index is 0.000000293. The van der Waals surface area contributed by atoms with Gasteiger partial charge in [-0.25, -0.2) is 13.6 Å². The van der Waals surface area contributed by atoms with E-state index in [4.69, 9.17) is 14.7 Å². The Labute approximate surface area is 233 Å². The van der Waals surface area contributed by atoms with Crippen LogP contribution in [0.5, 0.6) is 0 Å². The normalized spacial score (nSPS) is 11.4. The number of benzene rings is 3. The van der Waals surface area contributed by atoms with E-state index in [2.05, 4.69) is 67.4 Å². The number of nitrogens with zero attached hydrogens (tertiary/aromatic N) is 3. The summed E-state index contributed by atoms with van der Waals surface area (Å²) < 4.78 is 26.2. The first-order valence-electron chi connectivity index (χ1n) is 12.7. The van der Waals surface area contributed by atoms with E-state index in [-0.39, 0.29) is 23.5 Å². The Morgan fingerprint density at radius 3 is 1.88 bits per heavy atom. The van der Waals surface area contributed by atoms with Gasteiger partial charge in [-0.15, -0.1) is 5.10 Å². The van der Waals surface area contributed by atoms with Crippen molar-refractivity contribution in [3.8, 4) is 0 Å². The van der Waals surface area contributed by atoms with E-state index >= 15 is 0 Å². The Kier molecular flexibility index (Phi) is 14.5. The van der Waals surface area contributed by atoms with Crippen molar-refractivity contribution in [2.24, 2.45) is 15.4 Å². The maximum Gasteiger partial charge on any atom is 0.373 e. The van der Waals surface area contributed by atoms with Crippen LogP contribution in [0.15, 0.2) is 82.2 Å². The van der Waals surface area contributed by atoms with Crippen LogP contribution in [0.2, 0.25) is 0 Å². The highest BCUT2D eigenvalue weighted by Gasteiger charge is 2.14. The summed E-state index contributed by atoms with van der Waals surface area (Å²) in [5, 5.41) is 19.8. The van der Waals surface area contributed by atoms with E-state index in [1.54, 1.807) is 6.07 Å². The zero-order chi connectivity index (χ0) is 30.2. The number of halogens is 2. The monoisotopic (exact) mass is 551 g/mol. The maximum absolute atomic E-state index is 13.5. The second-order valence-electron chi connectivity index (χ2n) is 9.67. The summed E-state index contributed by atoms with van der Waals surface area (Å²) in [7, 11) is 0. The Morgan fingerprint density at radius 2 is 1.43 bits per heavy atom. The third kappa shape index (κ3) is 11.2. The van der Waals surface area contributed by atoms with Crippen molar-refractivity contribution in [1.29, 1.82) is 0 Å². The van der Waals surface area contributed by atoms with Crippen molar-refractivity contribution < 1.29 is 28.3 Å². The van der Waals surface area contributed by atoms with E-state index in [1.165, 1.54) is 23.8 Å². The first kappa shape index (κ1) is 33.7. The van der Waals surface area contributed by atoms with Gasteiger partial charge in [0.15, 0.2) is 0 Å². The molecule has 0 saturated carbocycles. The summed E-state index contributed by atoms with van der Waals surface area (Å²) in [5.74, 6) is -0.728. The second kappa shape index (κ2) is 17.3. The van der Waals surface area contributed by atoms with Gasteiger partial charge in [-0.3, -0.25) is 0 Å². The van der Waals surface area contributed by atoms with Crippen molar-refractivity contribution in [3.63, 3.8) is 0 Å². The van der Waals surface area contributed by atoms with Crippen molar-refractivity contribution >= 4 is 17.8 Å². The van der Waals surface area contributed by atoms with Crippen molar-refractivity contribution in [2.75, 3.05) is 6.54 Å². The van der Waals surface area contributed by atoms with E-state index in [0.29, 0.717) is 35.2 Å². The van der Waals surface area contributed by atoms with Crippen molar-refractivity contribution in [1.82, 2.24) is 0 Å². The molecular formula is C31H35F2N3O4. The number of carboxylic acid groups (broad SMARTS) is 1. The van der Waals surface area contributed by atoms with Crippen LogP contribution in [0.25, 0.3) is 0 Å². The number of hydrogen-bond donors (Lipinski definition) is 1. The van der Waals surface area contributed by atoms with Crippen molar-refractivity contribution in [3.05, 3.63) is 106 Å². The molecule has 1 N–H and O–H groups in total. The molecule has 0 atom stereocenters. The molecule has 0 aromatic heterocycles. The zero-order valence-electron chi connectivity index (χ0n) is 23.6. The molecule has 0 bridgehead atoms. The maximum atomic E-state index is 13.5. The van der Waals surface area contributed by atoms with Gasteiger partial charge in [-0.2, -0.15) is 14.7 Å². The van der Waals surface area contributed by atoms with Crippen LogP contribution in [-0.4, -0.2) is 29.5 Å². The van der Waals surface area contributed by atoms with Gasteiger partial charge in [0.05, 0.1) is 11.3 Å². The lowest BCUT2D eigenvalue weighted by atomic mass is 9.97. The lowest BCUT2D eigenvalue weighted by molar-refractivity contribution is -0.191. The minimum Gasteiger partial charge on any atom is -0.478 e. The molecule has 9 heteroatoms. The standard InChI is InChI=1S/C11H12FN3.C10H11FO2.C9H12.CO2/c1-7(2)8-3-4-10(12)9(5-8)11-6-13-15-14-11;1-6(2)8-4-3-7(11)5-9(8)10(12)13;1-8(2)9-6-4-3-5-7-9;2-1-3/h3-5,7H,6H2,1-2H3;3-6H,1-2H3,(H,12,13);3-8H,1-2H3;. The van der Waals surface area contributed by atoms with Crippen LogP contribution in [0.3, 0.4) is 0 Å². The molecule has 0 spiro atoms. The number of carboxylic acids is 1. The minimum atomic E-state index is -1.08. The van der Waals surface area contributed by atoms with E-state index in [9.17, 15) is 13.6 Å². The molecule has 7 nitrogen and oxygen atoms in total. The molecule has 0 unspecified atom stereocenters. The molecule has 0 radical (unpaired) electrons. The van der Waals surface area contributed by atoms with E-state index < -0.39 is 11.8 Å². The third-order valence-electron chi connectivity index (χ3n) is 5.75. The fourth-order valence-corrected chi connectivity index (χ4v) is 3.53. The Hall–Kier alpha value is -4.36. The number of rotatable bonds is 5. The average molecular weight is 552 g/mol. The zero-order valence-corrected chi connectivity index (χ0v) is 23.6. The molecule has 1 heterocycles. The molecule has 0 amide bonds. The fourth-order valence-electron chi connectivity index (χ4n) is 3.53. The summed E-state index contributed by atoms with van der Waals surface area (Å²) in [5.41, 5.74) is 4.35. The quantitative estimate of drug-likeness (QED) is 0.346. The molecule has 0 aliphatic carbocycles. The molecule has 40 heavy (non-hydrogen) atoms. The molecule has 4 rings (SSSR count). The van der Waals surface area contributed by atoms with Gasteiger partial charge in [0, 0.05) is 5.56 Å². The SMILES string of the molecule is CC(C)c1ccc(F)c(C2=NN=NC2)c1.CC(C)c1ccc(F)cc1C(=O)O.CC(C)c1ccccc1.O=C=O. The molecule has 212 valence electrons. The van der Waals surface area contributed by atoms with Gasteiger partial charge in [0.25, 0.3) is 0 Å². The number of carbonyl (C=O) groups excluding carboxylic acids is 2. The van der Waals surface area contributed by atoms with Gasteiger partial charge in [-0.05, 0) is 63.9 Å². The van der Waals surface area contributed by atoms with Gasteiger partial charge in [0.2, 0.25) is 0 Å². The summed E-state index contributed by atoms with van der Waals surface area (Å²) in [6, 6.07) is 19.5. The van der Waals surface area contributed by atoms with Gasteiger partial charge < -0.3 is 5.11 Å². The first-order valence-corrected chi connectivity index (χ1v) is 12.7. The summed E-state index contributed by atoms with van der Waals surface area (Å²) >= 11 is 0. The predicted molar refractivity (Wildman–Crippen MR) is 150 cm³/mol. The van der Waals surface area contributed by atoms with Crippen LogP contribution in [0.1, 0.15) is 91.9 Å². The number of aromatic carboxylic acids is 1. The van der Waals surface area contributed by atoms with Crippen LogP contribution < -0.4 is 0 Å². The van der Waals surface area contributed by atoms with Crippen LogP contribution in [0, 0.1) is 11.6 Å². The molecule has 1 aliphatic heterocycles. The van der Waals surface area contributed by atoms with E-state index in [0.717, 1.165) is 11.6 Å². The average Bonchev–Trinajstić information content (AvgIpc) is 3.45. The lowest BCUT2D eigenvalue weighted by Crippen LogP contribution is -2.06. The molecule has 3 aromatic carbocycles. The fraction of sp³-hybridized carbons (Fsp3) is 0.323. The highest BCUT2D eigenvalue weighted by atomic mass is 19.1. The topological polar surface area (TPSA) is 109 Å². The highest BCUT2D eigenvalue weighted by Crippen LogP contribution is 2.21. The van der Waals surface area contributed by atoms with E-state index in [1.807, 2.05) is 26.0 Å². The molecule has 3 aromatic rings. The molecule has 1 aliphatic rings. The highest BCUT2D eigenvalue weighted by molar-refractivity contribution is 6.03. The van der Waals surface area contributed by atoms with Crippen molar-refractivity contribution in [2.45, 2.75) is 59.3 Å². The minimum absolute atomic E-state index is 0.0509. The Bertz CT molecular complexity index is 1330. The number of hydrogen-bond acceptors (Lipinski definition) is 6. The predicted octanol–water partition coefficient (Wildman–Crippen LogP) is 7.99. The summed E-state index contributed by atoms with van der Waals surface area (Å²) in [6.45, 7) is 12.7. The van der Waals surface area contributed by atoms with Crippen LogP contribution >= 0.6 is 0 Å². The largest absolute Gasteiger partial charge is 0.478 e. The molecule has 0 fully saturated rings. The van der Waals surface area contributed by atoms with Gasteiger partial charge in [0.1, 0.15) is 18.2 Å². The summed E-state index contributed by atoms with van der Waals surface area (Å²) in [4.78, 5) is 27.0. The van der Waals surface area contributed by atoms with Gasteiger partial charge >= 0.3 is 12.1 Å². The first-order chi connectivity index (χ1) is 18.9. The van der Waals surface area contributed by atoms with Crippen LogP contribution in [0.4, 0.5) is 8.78 Å². The lowest BCUT2D eigenvalue weighted by Gasteiger charge is -2.08. The summed E-state index contributed by atoms with van der Waals surface area (Å²) in [6.07, 6.45) is 0.250. The van der Waals surface area contributed by atoms with Crippen LogP contribution in [-0.2, 0) is 9.59 Å². The molecular weight excluding hydrogens is 516 g/mol. The smallest absolute Gasteiger partial charge is 0.373 e. The Morgan fingerprint density at radius 1 is 0.825 bits per heavy atom. The second-order valence-corrected chi connectivity index (χ2v) is 9.67. The number of carbonyl (C=O) groups is 1.